The van der Waals surface area contributed by atoms with E-state index in [2.05, 4.69) is 33.9 Å². The first-order valence-electron chi connectivity index (χ1n) is 9.01. The number of amides is 1. The van der Waals surface area contributed by atoms with Crippen molar-refractivity contribution in [2.24, 2.45) is 0 Å². The van der Waals surface area contributed by atoms with E-state index in [-0.39, 0.29) is 11.7 Å². The minimum atomic E-state index is -0.219. The van der Waals surface area contributed by atoms with Gasteiger partial charge in [-0.05, 0) is 31.5 Å². The number of nitrogens with one attached hydrogen (secondary N) is 1. The van der Waals surface area contributed by atoms with Gasteiger partial charge in [0, 0.05) is 22.4 Å². The molecule has 0 saturated carbocycles. The van der Waals surface area contributed by atoms with E-state index in [1.165, 1.54) is 28.8 Å². The predicted molar refractivity (Wildman–Crippen MR) is 124 cm³/mol. The second kappa shape index (κ2) is 10.2. The van der Waals surface area contributed by atoms with Gasteiger partial charge >= 0.3 is 0 Å². The third-order valence-electron chi connectivity index (χ3n) is 4.06. The molecule has 1 aromatic carbocycles. The number of anilines is 1. The van der Waals surface area contributed by atoms with Crippen molar-refractivity contribution in [2.75, 3.05) is 11.1 Å². The van der Waals surface area contributed by atoms with Gasteiger partial charge < -0.3 is 9.88 Å². The zero-order chi connectivity index (χ0) is 21.0. The van der Waals surface area contributed by atoms with Crippen molar-refractivity contribution >= 4 is 69.5 Å². The lowest BCUT2D eigenvalue weighted by Crippen LogP contribution is -2.15. The van der Waals surface area contributed by atoms with Crippen LogP contribution in [-0.2, 0) is 17.8 Å². The molecule has 10 heteroatoms. The van der Waals surface area contributed by atoms with Gasteiger partial charge in [-0.15, -0.1) is 21.5 Å². The van der Waals surface area contributed by atoms with Crippen molar-refractivity contribution in [1.29, 1.82) is 0 Å². The summed E-state index contributed by atoms with van der Waals surface area (Å²) in [6.45, 7) is 4.91. The molecule has 0 spiro atoms. The summed E-state index contributed by atoms with van der Waals surface area (Å²) in [5.74, 6) is 0.768. The minimum Gasteiger partial charge on any atom is -0.324 e. The molecule has 29 heavy (non-hydrogen) atoms. The van der Waals surface area contributed by atoms with Crippen LogP contribution in [0.2, 0.25) is 15.1 Å². The Balaban J connectivity index is 1.68. The van der Waals surface area contributed by atoms with Crippen molar-refractivity contribution in [3.8, 4) is 11.4 Å². The summed E-state index contributed by atoms with van der Waals surface area (Å²) >= 11 is 21.1. The average molecular weight is 490 g/mol. The first-order chi connectivity index (χ1) is 13.9. The van der Waals surface area contributed by atoms with E-state index < -0.39 is 0 Å². The molecule has 2 aromatic heterocycles. The number of carbonyl (C=O) groups excluding carboxylic acids is 1. The molecule has 3 aromatic rings. The normalized spacial score (nSPS) is 11.1. The Hall–Kier alpha value is -1.25. The van der Waals surface area contributed by atoms with E-state index in [0.717, 1.165) is 24.2 Å². The zero-order valence-electron chi connectivity index (χ0n) is 15.8. The Morgan fingerprint density at radius 3 is 2.62 bits per heavy atom. The lowest BCUT2D eigenvalue weighted by Gasteiger charge is -2.09. The molecule has 2 heterocycles. The highest BCUT2D eigenvalue weighted by Gasteiger charge is 2.16. The van der Waals surface area contributed by atoms with Gasteiger partial charge in [0.1, 0.15) is 0 Å². The van der Waals surface area contributed by atoms with Gasteiger partial charge in [0.05, 0.1) is 26.5 Å². The molecular formula is C19H19Cl3N4OS2. The molecule has 0 aliphatic carbocycles. The van der Waals surface area contributed by atoms with Crippen LogP contribution in [0, 0.1) is 0 Å². The van der Waals surface area contributed by atoms with Gasteiger partial charge in [0.2, 0.25) is 5.91 Å². The standard InChI is InChI=1S/C19H19Cl3N4OS2/c1-3-5-12-6-11(9-28-12)18-24-25-19(26(18)4-2)29-10-17(27)23-16-8-14(21)13(20)7-15(16)22/h6-9H,3-5,10H2,1-2H3,(H,23,27). The number of hydrogen-bond donors (Lipinski definition) is 1. The maximum absolute atomic E-state index is 12.4. The van der Waals surface area contributed by atoms with Crippen LogP contribution in [0.1, 0.15) is 25.1 Å². The SMILES string of the molecule is CCCc1cc(-c2nnc(SCC(=O)Nc3cc(Cl)c(Cl)cc3Cl)n2CC)cs1. The number of halogens is 3. The molecule has 0 unspecified atom stereocenters. The summed E-state index contributed by atoms with van der Waals surface area (Å²) in [7, 11) is 0. The number of hydrogen-bond acceptors (Lipinski definition) is 5. The van der Waals surface area contributed by atoms with Crippen LogP contribution >= 0.6 is 57.9 Å². The van der Waals surface area contributed by atoms with E-state index in [1.54, 1.807) is 11.3 Å². The first-order valence-corrected chi connectivity index (χ1v) is 12.0. The quantitative estimate of drug-likeness (QED) is 0.283. The van der Waals surface area contributed by atoms with Crippen LogP contribution in [0.25, 0.3) is 11.4 Å². The van der Waals surface area contributed by atoms with Crippen molar-refractivity contribution in [1.82, 2.24) is 14.8 Å². The largest absolute Gasteiger partial charge is 0.324 e. The highest BCUT2D eigenvalue weighted by atomic mass is 35.5. The van der Waals surface area contributed by atoms with Gasteiger partial charge in [0.15, 0.2) is 11.0 Å². The number of rotatable bonds is 8. The number of thioether (sulfide) groups is 1. The van der Waals surface area contributed by atoms with Crippen LogP contribution < -0.4 is 5.32 Å². The maximum atomic E-state index is 12.4. The molecule has 0 fully saturated rings. The Morgan fingerprint density at radius 1 is 1.14 bits per heavy atom. The van der Waals surface area contributed by atoms with Crippen molar-refractivity contribution in [3.63, 3.8) is 0 Å². The zero-order valence-corrected chi connectivity index (χ0v) is 19.7. The van der Waals surface area contributed by atoms with Crippen LogP contribution in [0.3, 0.4) is 0 Å². The number of nitrogens with zero attached hydrogens (tertiary/aromatic N) is 3. The Morgan fingerprint density at radius 2 is 1.90 bits per heavy atom. The van der Waals surface area contributed by atoms with Crippen LogP contribution in [-0.4, -0.2) is 26.4 Å². The molecule has 1 N–H and O–H groups in total. The highest BCUT2D eigenvalue weighted by Crippen LogP contribution is 2.33. The van der Waals surface area contributed by atoms with E-state index in [9.17, 15) is 4.79 Å². The number of aryl methyl sites for hydroxylation is 1. The minimum absolute atomic E-state index is 0.166. The lowest BCUT2D eigenvalue weighted by molar-refractivity contribution is -0.113. The summed E-state index contributed by atoms with van der Waals surface area (Å²) in [6, 6.07) is 5.20. The summed E-state index contributed by atoms with van der Waals surface area (Å²) in [5, 5.41) is 15.2. The first kappa shape index (κ1) is 22.4. The average Bonchev–Trinajstić information content (AvgIpc) is 3.31. The number of benzene rings is 1. The van der Waals surface area contributed by atoms with Gasteiger partial charge in [-0.3, -0.25) is 4.79 Å². The molecule has 154 valence electrons. The second-order valence-electron chi connectivity index (χ2n) is 6.19. The van der Waals surface area contributed by atoms with Crippen LogP contribution in [0.15, 0.2) is 28.7 Å². The Kier molecular flexibility index (Phi) is 7.87. The Labute approximate surface area is 192 Å². The molecule has 0 aliphatic rings. The number of aromatic nitrogens is 3. The van der Waals surface area contributed by atoms with Gasteiger partial charge in [-0.2, -0.15) is 0 Å². The summed E-state index contributed by atoms with van der Waals surface area (Å²) in [5.41, 5.74) is 1.48. The fourth-order valence-electron chi connectivity index (χ4n) is 2.70. The maximum Gasteiger partial charge on any atom is 0.234 e. The van der Waals surface area contributed by atoms with Gasteiger partial charge in [0.25, 0.3) is 0 Å². The third-order valence-corrected chi connectivity index (χ3v) is 7.06. The lowest BCUT2D eigenvalue weighted by atomic mass is 10.2. The summed E-state index contributed by atoms with van der Waals surface area (Å²) < 4.78 is 2.02. The van der Waals surface area contributed by atoms with Crippen LogP contribution in [0.5, 0.6) is 0 Å². The third kappa shape index (κ3) is 5.47. The molecule has 3 rings (SSSR count). The molecule has 1 amide bonds. The van der Waals surface area contributed by atoms with Crippen LogP contribution in [0.4, 0.5) is 5.69 Å². The number of carbonyl (C=O) groups is 1. The van der Waals surface area contributed by atoms with Gasteiger partial charge in [-0.25, -0.2) is 0 Å². The molecular weight excluding hydrogens is 471 g/mol. The van der Waals surface area contributed by atoms with Crippen molar-refractivity contribution in [3.05, 3.63) is 43.5 Å². The fourth-order valence-corrected chi connectivity index (χ4v) is 5.07. The van der Waals surface area contributed by atoms with E-state index in [1.807, 2.05) is 11.5 Å². The molecule has 0 atom stereocenters. The van der Waals surface area contributed by atoms with E-state index >= 15 is 0 Å². The molecule has 0 aliphatic heterocycles. The molecule has 5 nitrogen and oxygen atoms in total. The predicted octanol–water partition coefficient (Wildman–Crippen LogP) is 6.67. The second-order valence-corrected chi connectivity index (χ2v) is 9.35. The van der Waals surface area contributed by atoms with Crippen molar-refractivity contribution in [2.45, 2.75) is 38.4 Å². The monoisotopic (exact) mass is 488 g/mol. The van der Waals surface area contributed by atoms with E-state index in [4.69, 9.17) is 34.8 Å². The molecule has 0 radical (unpaired) electrons. The smallest absolute Gasteiger partial charge is 0.234 e. The highest BCUT2D eigenvalue weighted by molar-refractivity contribution is 7.99. The summed E-state index contributed by atoms with van der Waals surface area (Å²) in [4.78, 5) is 13.7. The van der Waals surface area contributed by atoms with Crippen molar-refractivity contribution < 1.29 is 4.79 Å². The topological polar surface area (TPSA) is 59.8 Å². The number of thiophene rings is 1. The Bertz CT molecular complexity index is 1020. The molecule has 0 bridgehead atoms. The van der Waals surface area contributed by atoms with Gasteiger partial charge in [-0.1, -0.05) is 59.9 Å². The summed E-state index contributed by atoms with van der Waals surface area (Å²) in [6.07, 6.45) is 2.17. The molecule has 0 saturated heterocycles. The van der Waals surface area contributed by atoms with E-state index in [0.29, 0.717) is 32.5 Å². The fraction of sp³-hybridized carbons (Fsp3) is 0.316.